The fourth-order valence-corrected chi connectivity index (χ4v) is 7.57. The summed E-state index contributed by atoms with van der Waals surface area (Å²) >= 11 is 0. The molecule has 1 aromatic carbocycles. The van der Waals surface area contributed by atoms with Crippen LogP contribution in [-0.2, 0) is 19.5 Å². The number of amides is 1. The number of benzene rings is 1. The van der Waals surface area contributed by atoms with Gasteiger partial charge in [0.15, 0.2) is 0 Å². The fourth-order valence-electron chi connectivity index (χ4n) is 5.99. The first-order valence-corrected chi connectivity index (χ1v) is 13.0. The van der Waals surface area contributed by atoms with E-state index >= 15 is 0 Å². The van der Waals surface area contributed by atoms with E-state index in [1.165, 1.54) is 23.9 Å². The summed E-state index contributed by atoms with van der Waals surface area (Å²) in [6, 6.07) is 4.81. The Morgan fingerprint density at radius 3 is 2.64 bits per heavy atom. The van der Waals surface area contributed by atoms with Gasteiger partial charge in [0.25, 0.3) is 5.91 Å². The molecule has 0 aromatic heterocycles. The number of nitrogens with one attached hydrogen (secondary N) is 1. The molecule has 33 heavy (non-hydrogen) atoms. The molecule has 8 heteroatoms. The first-order chi connectivity index (χ1) is 15.6. The minimum Gasteiger partial charge on any atom is -0.379 e. The van der Waals surface area contributed by atoms with Gasteiger partial charge in [-0.3, -0.25) is 4.79 Å². The van der Waals surface area contributed by atoms with E-state index in [9.17, 15) is 13.2 Å². The van der Waals surface area contributed by atoms with E-state index in [1.807, 2.05) is 0 Å². The van der Waals surface area contributed by atoms with Crippen LogP contribution >= 0.6 is 0 Å². The quantitative estimate of drug-likeness (QED) is 0.664. The summed E-state index contributed by atoms with van der Waals surface area (Å²) in [7, 11) is -2.29. The third-order valence-electron chi connectivity index (χ3n) is 7.82. The van der Waals surface area contributed by atoms with Gasteiger partial charge < -0.3 is 14.8 Å². The van der Waals surface area contributed by atoms with Crippen LogP contribution in [0.2, 0.25) is 0 Å². The minimum absolute atomic E-state index is 0.0108. The predicted octanol–water partition coefficient (Wildman–Crippen LogP) is 2.65. The van der Waals surface area contributed by atoms with E-state index in [0.29, 0.717) is 30.3 Å². The summed E-state index contributed by atoms with van der Waals surface area (Å²) < 4.78 is 38.6. The monoisotopic (exact) mass is 474 g/mol. The lowest BCUT2D eigenvalue weighted by atomic mass is 9.68. The summed E-state index contributed by atoms with van der Waals surface area (Å²) in [6.07, 6.45) is 3.43. The molecule has 3 aliphatic rings. The normalized spacial score (nSPS) is 28.8. The molecule has 3 atom stereocenters. The second kappa shape index (κ2) is 9.03. The zero-order valence-electron chi connectivity index (χ0n) is 19.9. The molecule has 2 aliphatic carbocycles. The number of methoxy groups -OCH3 is 1. The van der Waals surface area contributed by atoms with Gasteiger partial charge in [-0.25, -0.2) is 8.42 Å². The van der Waals surface area contributed by atoms with E-state index in [0.717, 1.165) is 12.8 Å². The van der Waals surface area contributed by atoms with Gasteiger partial charge in [-0.2, -0.15) is 4.31 Å². The maximum absolute atomic E-state index is 13.5. The van der Waals surface area contributed by atoms with Gasteiger partial charge in [-0.15, -0.1) is 0 Å². The molecule has 1 amide bonds. The summed E-state index contributed by atoms with van der Waals surface area (Å²) in [5, 5.41) is 3.26. The van der Waals surface area contributed by atoms with Crippen molar-refractivity contribution in [2.24, 2.45) is 16.7 Å². The largest absolute Gasteiger partial charge is 0.379 e. The number of hydrogen-bond donors (Lipinski definition) is 1. The lowest BCUT2D eigenvalue weighted by Gasteiger charge is -2.43. The molecule has 1 saturated heterocycles. The number of carbonyl (C=O) groups excluding carboxylic acids is 1. The highest BCUT2D eigenvalue weighted by atomic mass is 32.2. The van der Waals surface area contributed by atoms with Crippen LogP contribution in [0.25, 0.3) is 0 Å². The molecule has 4 rings (SSSR count). The molecule has 0 spiro atoms. The van der Waals surface area contributed by atoms with Gasteiger partial charge in [0.05, 0.1) is 18.1 Å². The van der Waals surface area contributed by atoms with Crippen molar-refractivity contribution in [3.63, 3.8) is 0 Å². The smallest absolute Gasteiger partial charge is 0.251 e. The SMILES string of the molecule is COCC#Cc1ccc(C(=O)NC2C(C)(C)[C@@H]3CC[C@]2(C)C3)cc1S(=O)(=O)N1CCOCC1. The first kappa shape index (κ1) is 24.2. The van der Waals surface area contributed by atoms with Crippen LogP contribution < -0.4 is 5.32 Å². The number of sulfonamides is 1. The second-order valence-electron chi connectivity index (χ2n) is 10.3. The van der Waals surface area contributed by atoms with Crippen molar-refractivity contribution in [1.82, 2.24) is 9.62 Å². The van der Waals surface area contributed by atoms with Crippen LogP contribution in [0.5, 0.6) is 0 Å². The zero-order chi connectivity index (χ0) is 23.9. The first-order valence-electron chi connectivity index (χ1n) is 11.6. The number of carbonyl (C=O) groups is 1. The number of ether oxygens (including phenoxy) is 2. The van der Waals surface area contributed by atoms with Crippen LogP contribution in [-0.4, -0.2) is 64.7 Å². The van der Waals surface area contributed by atoms with Crippen molar-refractivity contribution in [1.29, 1.82) is 0 Å². The maximum Gasteiger partial charge on any atom is 0.251 e. The number of morpholine rings is 1. The van der Waals surface area contributed by atoms with Crippen molar-refractivity contribution in [3.8, 4) is 11.8 Å². The Kier molecular flexibility index (Phi) is 6.62. The summed E-state index contributed by atoms with van der Waals surface area (Å²) in [6.45, 7) is 8.16. The average molecular weight is 475 g/mol. The summed E-state index contributed by atoms with van der Waals surface area (Å²) in [5.74, 6) is 6.09. The maximum atomic E-state index is 13.5. The van der Waals surface area contributed by atoms with Crippen LogP contribution in [0.3, 0.4) is 0 Å². The molecule has 1 unspecified atom stereocenters. The highest BCUT2D eigenvalue weighted by Gasteiger charge is 2.59. The lowest BCUT2D eigenvalue weighted by Crippen LogP contribution is -2.52. The Hall–Kier alpha value is -1.92. The highest BCUT2D eigenvalue weighted by molar-refractivity contribution is 7.89. The minimum atomic E-state index is -3.83. The Balaban J connectivity index is 1.66. The topological polar surface area (TPSA) is 84.9 Å². The molecule has 2 saturated carbocycles. The van der Waals surface area contributed by atoms with E-state index < -0.39 is 10.0 Å². The van der Waals surface area contributed by atoms with Gasteiger partial charge >= 0.3 is 0 Å². The van der Waals surface area contributed by atoms with Crippen molar-refractivity contribution in [3.05, 3.63) is 29.3 Å². The van der Waals surface area contributed by atoms with Crippen LogP contribution in [0.15, 0.2) is 23.1 Å². The average Bonchev–Trinajstić information content (AvgIpc) is 3.28. The van der Waals surface area contributed by atoms with E-state index in [-0.39, 0.29) is 47.4 Å². The number of rotatable bonds is 5. The standard InChI is InChI=1S/C25H34N2O5S/c1-24(2)20-9-10-25(3,17-20)23(24)26-22(28)19-8-7-18(6-5-13-31-4)21(16-19)33(29,30)27-11-14-32-15-12-27/h7-8,16,20,23H,9-15,17H2,1-4H3,(H,26,28)/t20-,23?,25-/m1/s1. The molecule has 7 nitrogen and oxygen atoms in total. The van der Waals surface area contributed by atoms with Crippen molar-refractivity contribution in [2.75, 3.05) is 40.0 Å². The second-order valence-corrected chi connectivity index (χ2v) is 12.2. The Morgan fingerprint density at radius 1 is 1.27 bits per heavy atom. The van der Waals surface area contributed by atoms with Crippen LogP contribution in [0, 0.1) is 28.6 Å². The predicted molar refractivity (Wildman–Crippen MR) is 125 cm³/mol. The Bertz CT molecular complexity index is 1080. The van der Waals surface area contributed by atoms with Crippen molar-refractivity contribution < 1.29 is 22.7 Å². The van der Waals surface area contributed by atoms with Gasteiger partial charge in [-0.1, -0.05) is 32.6 Å². The van der Waals surface area contributed by atoms with Crippen molar-refractivity contribution >= 4 is 15.9 Å². The highest BCUT2D eigenvalue weighted by Crippen LogP contribution is 2.62. The van der Waals surface area contributed by atoms with Crippen LogP contribution in [0.4, 0.5) is 0 Å². The molecule has 0 radical (unpaired) electrons. The number of hydrogen-bond acceptors (Lipinski definition) is 5. The summed E-state index contributed by atoms with van der Waals surface area (Å²) in [4.78, 5) is 13.4. The summed E-state index contributed by atoms with van der Waals surface area (Å²) in [5.41, 5.74) is 0.790. The van der Waals surface area contributed by atoms with Crippen molar-refractivity contribution in [2.45, 2.75) is 51.0 Å². The van der Waals surface area contributed by atoms with Gasteiger partial charge in [0.2, 0.25) is 10.0 Å². The van der Waals surface area contributed by atoms with Gasteiger partial charge in [0, 0.05) is 37.4 Å². The third kappa shape index (κ3) is 4.44. The van der Waals surface area contributed by atoms with E-state index in [1.54, 1.807) is 12.1 Å². The third-order valence-corrected chi connectivity index (χ3v) is 9.76. The number of nitrogens with zero attached hydrogens (tertiary/aromatic N) is 1. The van der Waals surface area contributed by atoms with Gasteiger partial charge in [0.1, 0.15) is 6.61 Å². The van der Waals surface area contributed by atoms with Gasteiger partial charge in [-0.05, 0) is 54.2 Å². The molecule has 3 fully saturated rings. The Labute approximate surface area is 197 Å². The molecule has 2 bridgehead atoms. The molecule has 1 N–H and O–H groups in total. The lowest BCUT2D eigenvalue weighted by molar-refractivity contribution is 0.0728. The number of fused-ring (bicyclic) bond motifs is 2. The molecule has 1 aromatic rings. The molecule has 180 valence electrons. The molecule has 1 heterocycles. The van der Waals surface area contributed by atoms with E-state index in [2.05, 4.69) is 37.9 Å². The Morgan fingerprint density at radius 2 is 2.00 bits per heavy atom. The molecule has 1 aliphatic heterocycles. The molecular weight excluding hydrogens is 440 g/mol. The fraction of sp³-hybridized carbons (Fsp3) is 0.640. The molecular formula is C25H34N2O5S. The van der Waals surface area contributed by atoms with E-state index in [4.69, 9.17) is 9.47 Å². The zero-order valence-corrected chi connectivity index (χ0v) is 20.8. The van der Waals surface area contributed by atoms with Crippen LogP contribution in [0.1, 0.15) is 56.0 Å².